The molecule has 0 saturated carbocycles. The fraction of sp³-hybridized carbons (Fsp3) is 0.545. The Balaban J connectivity index is 2.04. The fourth-order valence-electron chi connectivity index (χ4n) is 1.75. The van der Waals surface area contributed by atoms with Gasteiger partial charge in [-0.25, -0.2) is 0 Å². The van der Waals surface area contributed by atoms with E-state index in [2.05, 4.69) is 22.2 Å². The summed E-state index contributed by atoms with van der Waals surface area (Å²) in [6.45, 7) is 2.96. The Morgan fingerprint density at radius 1 is 1.38 bits per heavy atom. The van der Waals surface area contributed by atoms with E-state index in [1.54, 1.807) is 10.7 Å². The van der Waals surface area contributed by atoms with Crippen LogP contribution in [0.2, 0.25) is 0 Å². The second kappa shape index (κ2) is 5.03. The molecular weight excluding hydrogens is 202 g/mol. The predicted molar refractivity (Wildman–Crippen MR) is 61.9 cm³/mol. The van der Waals surface area contributed by atoms with E-state index in [1.807, 2.05) is 12.1 Å². The number of nitrogens with two attached hydrogens (primary N) is 1. The van der Waals surface area contributed by atoms with Gasteiger partial charge < -0.3 is 5.73 Å². The number of hydrogen-bond donors (Lipinski definition) is 1. The molecule has 1 unspecified atom stereocenters. The van der Waals surface area contributed by atoms with Crippen molar-refractivity contribution in [3.05, 3.63) is 24.2 Å². The van der Waals surface area contributed by atoms with Gasteiger partial charge in [0.25, 0.3) is 0 Å². The normalized spacial score (nSPS) is 13.1. The average Bonchev–Trinajstić information content (AvgIpc) is 2.70. The van der Waals surface area contributed by atoms with E-state index in [0.717, 1.165) is 37.3 Å². The third-order valence-corrected chi connectivity index (χ3v) is 2.76. The van der Waals surface area contributed by atoms with Gasteiger partial charge in [-0.1, -0.05) is 6.92 Å². The van der Waals surface area contributed by atoms with E-state index in [-0.39, 0.29) is 0 Å². The second-order valence-electron chi connectivity index (χ2n) is 4.13. The second-order valence-corrected chi connectivity index (χ2v) is 4.13. The molecule has 5 heteroatoms. The number of aryl methyl sites for hydroxylation is 1. The Kier molecular flexibility index (Phi) is 3.46. The number of hydrogen-bond acceptors (Lipinski definition) is 4. The molecule has 0 aromatic carbocycles. The molecule has 2 aromatic heterocycles. The molecule has 2 rings (SSSR count). The molecule has 0 bridgehead atoms. The smallest absolute Gasteiger partial charge is 0.177 e. The van der Waals surface area contributed by atoms with Crippen LogP contribution >= 0.6 is 0 Å². The lowest BCUT2D eigenvalue weighted by Gasteiger charge is -2.07. The maximum absolute atomic E-state index is 5.52. The van der Waals surface area contributed by atoms with Crippen LogP contribution in [0.3, 0.4) is 0 Å². The largest absolute Gasteiger partial charge is 0.330 e. The first-order valence-corrected chi connectivity index (χ1v) is 5.66. The molecule has 0 fully saturated rings. The van der Waals surface area contributed by atoms with Crippen molar-refractivity contribution >= 4 is 5.65 Å². The molecule has 0 saturated heterocycles. The summed E-state index contributed by atoms with van der Waals surface area (Å²) < 4.78 is 1.80. The van der Waals surface area contributed by atoms with Crippen molar-refractivity contribution in [1.82, 2.24) is 19.8 Å². The monoisotopic (exact) mass is 219 g/mol. The molecule has 16 heavy (non-hydrogen) atoms. The standard InChI is InChI=1S/C11H17N5/c1-9(6-7-12)4-5-11-15-14-10-3-2-8-13-16(10)11/h2-3,8-9H,4-7,12H2,1H3. The molecule has 0 aliphatic rings. The van der Waals surface area contributed by atoms with Crippen molar-refractivity contribution in [2.45, 2.75) is 26.2 Å². The zero-order valence-electron chi connectivity index (χ0n) is 9.50. The zero-order valence-corrected chi connectivity index (χ0v) is 9.50. The maximum Gasteiger partial charge on any atom is 0.177 e. The lowest BCUT2D eigenvalue weighted by atomic mass is 10.0. The topological polar surface area (TPSA) is 69.1 Å². The van der Waals surface area contributed by atoms with Crippen molar-refractivity contribution in [3.8, 4) is 0 Å². The highest BCUT2D eigenvalue weighted by Crippen LogP contribution is 2.11. The summed E-state index contributed by atoms with van der Waals surface area (Å²) in [7, 11) is 0. The SMILES string of the molecule is CC(CCN)CCc1nnc2cccnn12. The van der Waals surface area contributed by atoms with Crippen molar-refractivity contribution in [1.29, 1.82) is 0 Å². The first kappa shape index (κ1) is 11.0. The Hall–Kier alpha value is -1.49. The Bertz CT molecular complexity index is 450. The third-order valence-electron chi connectivity index (χ3n) is 2.76. The molecule has 5 nitrogen and oxygen atoms in total. The number of fused-ring (bicyclic) bond motifs is 1. The fourth-order valence-corrected chi connectivity index (χ4v) is 1.75. The maximum atomic E-state index is 5.52. The zero-order chi connectivity index (χ0) is 11.4. The van der Waals surface area contributed by atoms with E-state index in [1.165, 1.54) is 0 Å². The minimum Gasteiger partial charge on any atom is -0.330 e. The molecule has 0 spiro atoms. The van der Waals surface area contributed by atoms with E-state index in [0.29, 0.717) is 5.92 Å². The van der Waals surface area contributed by atoms with Crippen LogP contribution in [0.4, 0.5) is 0 Å². The van der Waals surface area contributed by atoms with Crippen LogP contribution in [0.1, 0.15) is 25.6 Å². The molecule has 2 aromatic rings. The minimum absolute atomic E-state index is 0.626. The summed E-state index contributed by atoms with van der Waals surface area (Å²) in [5, 5.41) is 12.4. The van der Waals surface area contributed by atoms with Gasteiger partial charge in [0.2, 0.25) is 0 Å². The van der Waals surface area contributed by atoms with Gasteiger partial charge in [-0.05, 0) is 37.4 Å². The molecule has 2 heterocycles. The highest BCUT2D eigenvalue weighted by Gasteiger charge is 2.08. The molecule has 0 amide bonds. The van der Waals surface area contributed by atoms with Gasteiger partial charge in [-0.3, -0.25) is 0 Å². The van der Waals surface area contributed by atoms with Crippen LogP contribution in [-0.4, -0.2) is 26.4 Å². The first-order chi connectivity index (χ1) is 7.81. The number of nitrogens with zero attached hydrogens (tertiary/aromatic N) is 4. The van der Waals surface area contributed by atoms with E-state index >= 15 is 0 Å². The van der Waals surface area contributed by atoms with Crippen molar-refractivity contribution < 1.29 is 0 Å². The van der Waals surface area contributed by atoms with Gasteiger partial charge >= 0.3 is 0 Å². The van der Waals surface area contributed by atoms with Crippen LogP contribution in [-0.2, 0) is 6.42 Å². The lowest BCUT2D eigenvalue weighted by molar-refractivity contribution is 0.490. The number of aromatic nitrogens is 4. The summed E-state index contributed by atoms with van der Waals surface area (Å²) in [6, 6.07) is 3.78. The van der Waals surface area contributed by atoms with Gasteiger partial charge in [-0.2, -0.15) is 9.61 Å². The van der Waals surface area contributed by atoms with Crippen LogP contribution in [0.15, 0.2) is 18.3 Å². The van der Waals surface area contributed by atoms with Gasteiger partial charge in [0, 0.05) is 12.6 Å². The highest BCUT2D eigenvalue weighted by molar-refractivity contribution is 5.34. The van der Waals surface area contributed by atoms with Crippen molar-refractivity contribution in [3.63, 3.8) is 0 Å². The molecule has 0 radical (unpaired) electrons. The van der Waals surface area contributed by atoms with Crippen LogP contribution in [0.25, 0.3) is 5.65 Å². The van der Waals surface area contributed by atoms with Gasteiger partial charge in [0.1, 0.15) is 0 Å². The minimum atomic E-state index is 0.626. The first-order valence-electron chi connectivity index (χ1n) is 5.66. The van der Waals surface area contributed by atoms with Gasteiger partial charge in [-0.15, -0.1) is 10.2 Å². The van der Waals surface area contributed by atoms with E-state index in [9.17, 15) is 0 Å². The highest BCUT2D eigenvalue weighted by atomic mass is 15.4. The summed E-state index contributed by atoms with van der Waals surface area (Å²) in [5.74, 6) is 1.56. The van der Waals surface area contributed by atoms with Gasteiger partial charge in [0.15, 0.2) is 11.5 Å². The van der Waals surface area contributed by atoms with Crippen LogP contribution in [0, 0.1) is 5.92 Å². The van der Waals surface area contributed by atoms with E-state index < -0.39 is 0 Å². The number of rotatable bonds is 5. The quantitative estimate of drug-likeness (QED) is 0.815. The summed E-state index contributed by atoms with van der Waals surface area (Å²) >= 11 is 0. The van der Waals surface area contributed by atoms with Crippen molar-refractivity contribution in [2.75, 3.05) is 6.54 Å². The van der Waals surface area contributed by atoms with Gasteiger partial charge in [0.05, 0.1) is 0 Å². The molecule has 1 atom stereocenters. The predicted octanol–water partition coefficient (Wildman–Crippen LogP) is 1.04. The van der Waals surface area contributed by atoms with Crippen LogP contribution in [0.5, 0.6) is 0 Å². The van der Waals surface area contributed by atoms with Crippen LogP contribution < -0.4 is 5.73 Å². The molecular formula is C11H17N5. The Labute approximate surface area is 94.7 Å². The summed E-state index contributed by atoms with van der Waals surface area (Å²) in [5.41, 5.74) is 6.33. The summed E-state index contributed by atoms with van der Waals surface area (Å²) in [6.07, 6.45) is 4.79. The third kappa shape index (κ3) is 2.36. The average molecular weight is 219 g/mol. The molecule has 0 aliphatic carbocycles. The molecule has 86 valence electrons. The summed E-state index contributed by atoms with van der Waals surface area (Å²) in [4.78, 5) is 0. The Morgan fingerprint density at radius 3 is 3.06 bits per heavy atom. The Morgan fingerprint density at radius 2 is 2.25 bits per heavy atom. The van der Waals surface area contributed by atoms with E-state index in [4.69, 9.17) is 5.73 Å². The lowest BCUT2D eigenvalue weighted by Crippen LogP contribution is -2.08. The van der Waals surface area contributed by atoms with Crippen molar-refractivity contribution in [2.24, 2.45) is 11.7 Å². The molecule has 0 aliphatic heterocycles. The molecule has 2 N–H and O–H groups in total.